The van der Waals surface area contributed by atoms with Crippen molar-refractivity contribution in [3.05, 3.63) is 54.4 Å². The number of pyridine rings is 1. The Balaban J connectivity index is 0.000000207. The lowest BCUT2D eigenvalue weighted by molar-refractivity contribution is 0.0983. The second-order valence-electron chi connectivity index (χ2n) is 7.68. The average molecular weight is 491 g/mol. The molecule has 4 aromatic rings. The first-order valence-electron chi connectivity index (χ1n) is 10.6. The van der Waals surface area contributed by atoms with Gasteiger partial charge in [-0.2, -0.15) is 5.10 Å². The average Bonchev–Trinajstić information content (AvgIpc) is 3.35. The quantitative estimate of drug-likeness (QED) is 0.444. The third kappa shape index (κ3) is 4.53. The summed E-state index contributed by atoms with van der Waals surface area (Å²) in [5.41, 5.74) is 1.64. The Hall–Kier alpha value is -3.31. The maximum absolute atomic E-state index is 13.0. The van der Waals surface area contributed by atoms with Crippen LogP contribution in [-0.2, 0) is 14.6 Å². The third-order valence-electron chi connectivity index (χ3n) is 5.72. The van der Waals surface area contributed by atoms with Gasteiger partial charge in [-0.3, -0.25) is 10.1 Å². The molecule has 0 amide bonds. The number of benzene rings is 2. The zero-order chi connectivity index (χ0) is 24.3. The molecule has 1 aliphatic heterocycles. The highest BCUT2D eigenvalue weighted by atomic mass is 32.2. The molecule has 180 valence electrons. The Morgan fingerprint density at radius 2 is 1.94 bits per heavy atom. The molecule has 0 unspecified atom stereocenters. The van der Waals surface area contributed by atoms with Crippen LogP contribution in [0.25, 0.3) is 21.8 Å². The summed E-state index contributed by atoms with van der Waals surface area (Å²) in [4.78, 5) is 4.53. The van der Waals surface area contributed by atoms with Crippen LogP contribution in [-0.4, -0.2) is 56.2 Å². The standard InChI is InChI=1S/C16H20N2O4S.C7H4F2N2/c1-17-13-3-6-18-14-10-15(21-2)16(9-12(13)14)23(19,20)11-4-7-22-8-5-11;8-5-2-1-4-3-10-11-7(4)6(5)9/h3,6,9-11H,4-5,7-8H2,1-2H3,(H,17,18);1-3H,(H,10,11). The summed E-state index contributed by atoms with van der Waals surface area (Å²) < 4.78 is 62.0. The van der Waals surface area contributed by atoms with Crippen LogP contribution in [0.3, 0.4) is 0 Å². The van der Waals surface area contributed by atoms with E-state index >= 15 is 0 Å². The Labute approximate surface area is 195 Å². The Bertz CT molecular complexity index is 1420. The van der Waals surface area contributed by atoms with Gasteiger partial charge in [-0.15, -0.1) is 0 Å². The molecule has 0 spiro atoms. The molecule has 1 fully saturated rings. The number of hydrogen-bond donors (Lipinski definition) is 2. The van der Waals surface area contributed by atoms with Gasteiger partial charge < -0.3 is 14.8 Å². The maximum atomic E-state index is 13.0. The molecule has 0 bridgehead atoms. The van der Waals surface area contributed by atoms with E-state index < -0.39 is 26.7 Å². The van der Waals surface area contributed by atoms with E-state index in [0.717, 1.165) is 17.1 Å². The van der Waals surface area contributed by atoms with Crippen LogP contribution in [0.5, 0.6) is 5.75 Å². The van der Waals surface area contributed by atoms with Crippen molar-refractivity contribution in [2.75, 3.05) is 32.7 Å². The molecule has 11 heteroatoms. The normalized spacial score (nSPS) is 14.6. The highest BCUT2D eigenvalue weighted by Gasteiger charge is 2.32. The first kappa shape index (κ1) is 23.8. The number of aromatic nitrogens is 3. The number of aromatic amines is 1. The van der Waals surface area contributed by atoms with Crippen molar-refractivity contribution >= 4 is 37.3 Å². The number of halogens is 2. The van der Waals surface area contributed by atoms with E-state index in [-0.39, 0.29) is 10.4 Å². The summed E-state index contributed by atoms with van der Waals surface area (Å²) >= 11 is 0. The number of H-pyrrole nitrogens is 1. The van der Waals surface area contributed by atoms with Crippen LogP contribution in [0.4, 0.5) is 14.5 Å². The second kappa shape index (κ2) is 9.90. The lowest BCUT2D eigenvalue weighted by Gasteiger charge is -2.23. The topological polar surface area (TPSA) is 106 Å². The van der Waals surface area contributed by atoms with Gasteiger partial charge in [0.2, 0.25) is 0 Å². The van der Waals surface area contributed by atoms with E-state index in [9.17, 15) is 17.2 Å². The Morgan fingerprint density at radius 1 is 1.18 bits per heavy atom. The maximum Gasteiger partial charge on any atom is 0.185 e. The van der Waals surface area contributed by atoms with E-state index in [4.69, 9.17) is 9.47 Å². The molecular formula is C23H24F2N4O4S. The van der Waals surface area contributed by atoms with Crippen LogP contribution in [0.2, 0.25) is 0 Å². The minimum absolute atomic E-state index is 0.116. The van der Waals surface area contributed by atoms with Gasteiger partial charge in [0.05, 0.1) is 24.1 Å². The smallest absolute Gasteiger partial charge is 0.185 e. The van der Waals surface area contributed by atoms with Gasteiger partial charge in [-0.1, -0.05) is 0 Å². The summed E-state index contributed by atoms with van der Waals surface area (Å²) in [7, 11) is -0.206. The molecule has 0 aliphatic carbocycles. The number of sulfone groups is 1. The number of nitrogens with one attached hydrogen (secondary N) is 2. The fraction of sp³-hybridized carbons (Fsp3) is 0.304. The molecule has 1 aliphatic rings. The SMILES string of the molecule is CNc1ccnc2cc(OC)c(S(=O)(=O)C3CCOCC3)cc12.Fc1ccc2cn[nH]c2c1F. The van der Waals surface area contributed by atoms with Crippen molar-refractivity contribution in [1.29, 1.82) is 0 Å². The largest absolute Gasteiger partial charge is 0.495 e. The van der Waals surface area contributed by atoms with Crippen molar-refractivity contribution in [1.82, 2.24) is 15.2 Å². The third-order valence-corrected chi connectivity index (χ3v) is 8.00. The van der Waals surface area contributed by atoms with Gasteiger partial charge in [0.1, 0.15) is 16.2 Å². The molecule has 34 heavy (non-hydrogen) atoms. The molecule has 8 nitrogen and oxygen atoms in total. The zero-order valence-corrected chi connectivity index (χ0v) is 19.5. The van der Waals surface area contributed by atoms with E-state index in [0.29, 0.717) is 42.7 Å². The van der Waals surface area contributed by atoms with Crippen molar-refractivity contribution in [2.24, 2.45) is 0 Å². The fourth-order valence-electron chi connectivity index (χ4n) is 3.87. The number of anilines is 1. The zero-order valence-electron chi connectivity index (χ0n) is 18.6. The van der Waals surface area contributed by atoms with Crippen LogP contribution < -0.4 is 10.1 Å². The molecule has 0 saturated carbocycles. The van der Waals surface area contributed by atoms with Crippen LogP contribution in [0.15, 0.2) is 47.6 Å². The minimum Gasteiger partial charge on any atom is -0.495 e. The molecule has 2 aromatic carbocycles. The predicted molar refractivity (Wildman–Crippen MR) is 125 cm³/mol. The van der Waals surface area contributed by atoms with Gasteiger partial charge in [0.15, 0.2) is 21.5 Å². The lowest BCUT2D eigenvalue weighted by atomic mass is 10.2. The van der Waals surface area contributed by atoms with Crippen molar-refractivity contribution in [3.8, 4) is 5.75 Å². The number of ether oxygens (including phenoxy) is 2. The van der Waals surface area contributed by atoms with Gasteiger partial charge in [0, 0.05) is 49.0 Å². The van der Waals surface area contributed by atoms with Crippen molar-refractivity contribution < 1.29 is 26.7 Å². The van der Waals surface area contributed by atoms with Gasteiger partial charge >= 0.3 is 0 Å². The van der Waals surface area contributed by atoms with Crippen LogP contribution >= 0.6 is 0 Å². The highest BCUT2D eigenvalue weighted by molar-refractivity contribution is 7.92. The molecule has 2 N–H and O–H groups in total. The molecule has 1 saturated heterocycles. The summed E-state index contributed by atoms with van der Waals surface area (Å²) in [5, 5.41) is 9.91. The van der Waals surface area contributed by atoms with Gasteiger partial charge in [-0.25, -0.2) is 17.2 Å². The number of hydrogen-bond acceptors (Lipinski definition) is 7. The summed E-state index contributed by atoms with van der Waals surface area (Å²) in [6, 6.07) is 7.71. The van der Waals surface area contributed by atoms with E-state index in [1.807, 2.05) is 6.07 Å². The van der Waals surface area contributed by atoms with Crippen LogP contribution in [0, 0.1) is 11.6 Å². The number of fused-ring (bicyclic) bond motifs is 2. The Morgan fingerprint density at radius 3 is 2.65 bits per heavy atom. The minimum atomic E-state index is -3.48. The fourth-order valence-corrected chi connectivity index (χ4v) is 5.75. The van der Waals surface area contributed by atoms with Crippen molar-refractivity contribution in [2.45, 2.75) is 23.0 Å². The molecule has 0 atom stereocenters. The Kier molecular flexibility index (Phi) is 6.94. The van der Waals surface area contributed by atoms with Gasteiger partial charge in [-0.05, 0) is 37.1 Å². The first-order chi connectivity index (χ1) is 16.4. The number of nitrogens with zero attached hydrogens (tertiary/aromatic N) is 2. The van der Waals surface area contributed by atoms with Crippen LogP contribution in [0.1, 0.15) is 12.8 Å². The second-order valence-corrected chi connectivity index (χ2v) is 9.88. The summed E-state index contributed by atoms with van der Waals surface area (Å²) in [6.45, 7) is 0.951. The van der Waals surface area contributed by atoms with Crippen molar-refractivity contribution in [3.63, 3.8) is 0 Å². The van der Waals surface area contributed by atoms with E-state index in [2.05, 4.69) is 20.5 Å². The number of methoxy groups -OCH3 is 1. The summed E-state index contributed by atoms with van der Waals surface area (Å²) in [6.07, 6.45) is 4.14. The van der Waals surface area contributed by atoms with Gasteiger partial charge in [0.25, 0.3) is 0 Å². The molecular weight excluding hydrogens is 466 g/mol. The highest BCUT2D eigenvalue weighted by Crippen LogP contribution is 2.35. The molecule has 0 radical (unpaired) electrons. The lowest BCUT2D eigenvalue weighted by Crippen LogP contribution is -2.29. The molecule has 3 heterocycles. The molecule has 5 rings (SSSR count). The summed E-state index contributed by atoms with van der Waals surface area (Å²) in [5.74, 6) is -1.40. The van der Waals surface area contributed by atoms with E-state index in [1.165, 1.54) is 19.4 Å². The predicted octanol–water partition coefficient (Wildman–Crippen LogP) is 4.08. The number of rotatable bonds is 4. The monoisotopic (exact) mass is 490 g/mol. The first-order valence-corrected chi connectivity index (χ1v) is 12.1. The van der Waals surface area contributed by atoms with E-state index in [1.54, 1.807) is 25.4 Å². The molecule has 2 aromatic heterocycles.